The van der Waals surface area contributed by atoms with Crippen LogP contribution < -0.4 is 34.6 Å². The zero-order chi connectivity index (χ0) is 48.2. The molecule has 356 valence electrons. The van der Waals surface area contributed by atoms with Gasteiger partial charge >= 0.3 is 0 Å². The first-order valence-electron chi connectivity index (χ1n) is 20.4. The molecular weight excluding hydrogens is 919 g/mol. The molecule has 0 bridgehead atoms. The number of thioether (sulfide) groups is 1. The van der Waals surface area contributed by atoms with Gasteiger partial charge in [-0.3, -0.25) is 9.11 Å². The van der Waals surface area contributed by atoms with Crippen LogP contribution in [-0.4, -0.2) is 125 Å². The maximum absolute atomic E-state index is 12.0. The third-order valence-electron chi connectivity index (χ3n) is 9.94. The Kier molecular flexibility index (Phi) is 17.8. The van der Waals surface area contributed by atoms with E-state index in [1.165, 1.54) is 58.8 Å². The number of allylic oxidation sites excluding steroid dienone is 1. The fraction of sp³-hybridized carbons (Fsp3) is 0.390. The van der Waals surface area contributed by atoms with Gasteiger partial charge in [0.05, 0.1) is 60.5 Å². The van der Waals surface area contributed by atoms with E-state index in [4.69, 9.17) is 23.9 Å². The van der Waals surface area contributed by atoms with Crippen LogP contribution in [0.4, 0.5) is 51.7 Å². The molecule has 0 aliphatic heterocycles. The Morgan fingerprint density at radius 1 is 0.697 bits per heavy atom. The molecule has 3 aromatic carbocycles. The molecule has 1 aliphatic carbocycles. The average Bonchev–Trinajstić information content (AvgIpc) is 3.30. The van der Waals surface area contributed by atoms with Gasteiger partial charge in [0.2, 0.25) is 11.9 Å². The Bertz CT molecular complexity index is 2700. The maximum Gasteiger partial charge on any atom is 0.294 e. The Morgan fingerprint density at radius 3 is 1.70 bits per heavy atom. The van der Waals surface area contributed by atoms with E-state index in [2.05, 4.69) is 50.9 Å². The van der Waals surface area contributed by atoms with Crippen molar-refractivity contribution in [3.8, 4) is 17.2 Å². The van der Waals surface area contributed by atoms with Crippen molar-refractivity contribution in [2.75, 3.05) is 87.4 Å². The molecule has 1 aliphatic rings. The third-order valence-corrected chi connectivity index (χ3v) is 12.5. The Balaban J connectivity index is 1.67. The van der Waals surface area contributed by atoms with Gasteiger partial charge in [-0.25, -0.2) is 0 Å². The van der Waals surface area contributed by atoms with Crippen molar-refractivity contribution in [1.29, 1.82) is 0 Å². The summed E-state index contributed by atoms with van der Waals surface area (Å²) in [5, 5.41) is 34.2. The predicted octanol–water partition coefficient (Wildman–Crippen LogP) is 7.63. The molecule has 25 heteroatoms. The molecule has 0 fully saturated rings. The number of nitrogens with zero attached hydrogens (tertiary/aromatic N) is 9. The van der Waals surface area contributed by atoms with E-state index in [0.717, 1.165) is 17.8 Å². The van der Waals surface area contributed by atoms with Gasteiger partial charge in [-0.1, -0.05) is 17.8 Å². The molecule has 4 aromatic rings. The van der Waals surface area contributed by atoms with E-state index in [-0.39, 0.29) is 57.1 Å². The molecule has 5 N–H and O–H groups in total. The molecule has 0 amide bonds. The smallest absolute Gasteiger partial charge is 0.294 e. The number of hydrogen-bond donors (Lipinski definition) is 5. The first kappa shape index (κ1) is 51.0. The van der Waals surface area contributed by atoms with Gasteiger partial charge in [-0.2, -0.15) is 42.0 Å². The summed E-state index contributed by atoms with van der Waals surface area (Å²) in [5.74, 6) is 1.41. The average molecular weight is 972 g/mol. The molecular formula is C41H53N11O11S3. The molecule has 0 radical (unpaired) electrons. The molecule has 22 nitrogen and oxygen atoms in total. The molecule has 2 atom stereocenters. The number of aliphatic hydroxyl groups is 1. The highest BCUT2D eigenvalue weighted by molar-refractivity contribution is 7.99. The van der Waals surface area contributed by atoms with E-state index in [1.54, 1.807) is 24.3 Å². The lowest BCUT2D eigenvalue weighted by Gasteiger charge is -2.25. The lowest BCUT2D eigenvalue weighted by atomic mass is 10.1. The molecule has 0 saturated carbocycles. The van der Waals surface area contributed by atoms with Crippen molar-refractivity contribution < 1.29 is 50.0 Å². The Labute approximate surface area is 387 Å². The number of hydrogen-bond acceptors (Lipinski definition) is 21. The van der Waals surface area contributed by atoms with E-state index < -0.39 is 37.3 Å². The van der Waals surface area contributed by atoms with Crippen molar-refractivity contribution in [2.45, 2.75) is 49.9 Å². The zero-order valence-corrected chi connectivity index (χ0v) is 40.0. The molecule has 2 unspecified atom stereocenters. The van der Waals surface area contributed by atoms with E-state index in [0.29, 0.717) is 60.4 Å². The third kappa shape index (κ3) is 12.7. The summed E-state index contributed by atoms with van der Waals surface area (Å²) in [4.78, 5) is 17.3. The topological polar surface area (TPSA) is 285 Å². The number of aliphatic hydroxyl groups excluding tert-OH is 1. The standard InChI is InChI=1S/C41H53N11O11S3/c1-9-51(10-2)33-21-27(29(23-37(33)62-7)47-49-31-19-25(65(54,55)56)13-15-35(31)60-5)42-39-44-40(46-41(45-39)64-18-17-53)43-28-22-34(52(11-3)12-4)38(63-8)24-30(28)48-50-32-20-26(66(57,58)59)14-16-36(32)61-6/h13-16,19-24,31,35,53H,9-12,17-18H2,1-8H3,(H,54,55,56)(H,57,58,59)(H2,42,43,44,45,46). The first-order valence-corrected chi connectivity index (χ1v) is 24.3. The fourth-order valence-electron chi connectivity index (χ4n) is 6.60. The number of anilines is 6. The number of benzene rings is 3. The van der Waals surface area contributed by atoms with Gasteiger partial charge in [-0.15, -0.1) is 10.2 Å². The predicted molar refractivity (Wildman–Crippen MR) is 252 cm³/mol. The first-order chi connectivity index (χ1) is 31.5. The monoisotopic (exact) mass is 971 g/mol. The lowest BCUT2D eigenvalue weighted by Crippen LogP contribution is -2.26. The van der Waals surface area contributed by atoms with Crippen LogP contribution in [-0.2, 0) is 25.0 Å². The minimum absolute atomic E-state index is 0.00353. The Morgan fingerprint density at radius 2 is 1.23 bits per heavy atom. The van der Waals surface area contributed by atoms with Gasteiger partial charge in [0.25, 0.3) is 20.2 Å². The number of nitrogens with one attached hydrogen (secondary N) is 2. The Hall–Kier alpha value is -5.96. The van der Waals surface area contributed by atoms with Gasteiger partial charge in [0.15, 0.2) is 5.16 Å². The normalized spacial score (nSPS) is 15.2. The van der Waals surface area contributed by atoms with Gasteiger partial charge in [-0.05, 0) is 70.2 Å². The quantitative estimate of drug-likeness (QED) is 0.0271. The fourth-order valence-corrected chi connectivity index (χ4v) is 8.24. The van der Waals surface area contributed by atoms with Crippen LogP contribution in [0.1, 0.15) is 27.7 Å². The number of azo groups is 2. The molecule has 0 saturated heterocycles. The number of ether oxygens (including phenoxy) is 4. The summed E-state index contributed by atoms with van der Waals surface area (Å²) in [6.07, 6.45) is 3.22. The highest BCUT2D eigenvalue weighted by Gasteiger charge is 2.26. The minimum atomic E-state index is -4.59. The van der Waals surface area contributed by atoms with Crippen LogP contribution in [0.3, 0.4) is 0 Å². The van der Waals surface area contributed by atoms with Crippen LogP contribution in [0.5, 0.6) is 17.2 Å². The van der Waals surface area contributed by atoms with Crippen molar-refractivity contribution in [3.05, 3.63) is 65.6 Å². The van der Waals surface area contributed by atoms with E-state index in [9.17, 15) is 31.0 Å². The van der Waals surface area contributed by atoms with Gasteiger partial charge in [0.1, 0.15) is 46.5 Å². The van der Waals surface area contributed by atoms with Gasteiger partial charge < -0.3 is 44.5 Å². The van der Waals surface area contributed by atoms with Crippen molar-refractivity contribution in [1.82, 2.24) is 15.0 Å². The van der Waals surface area contributed by atoms with Crippen LogP contribution in [0.15, 0.2) is 96.1 Å². The van der Waals surface area contributed by atoms with E-state index in [1.807, 2.05) is 27.7 Å². The molecule has 66 heavy (non-hydrogen) atoms. The highest BCUT2D eigenvalue weighted by atomic mass is 32.2. The van der Waals surface area contributed by atoms with Crippen LogP contribution in [0.2, 0.25) is 0 Å². The summed E-state index contributed by atoms with van der Waals surface area (Å²) in [7, 11) is -3.30. The number of aromatic nitrogens is 3. The summed E-state index contributed by atoms with van der Waals surface area (Å²) in [5.41, 5.74) is 2.55. The molecule has 0 spiro atoms. The van der Waals surface area contributed by atoms with Crippen LogP contribution in [0, 0.1) is 0 Å². The van der Waals surface area contributed by atoms with Crippen molar-refractivity contribution in [3.63, 3.8) is 0 Å². The van der Waals surface area contributed by atoms with Crippen LogP contribution >= 0.6 is 11.8 Å². The lowest BCUT2D eigenvalue weighted by molar-refractivity contribution is 0.128. The van der Waals surface area contributed by atoms with Gasteiger partial charge in [0, 0.05) is 51.2 Å². The maximum atomic E-state index is 12.0. The summed E-state index contributed by atoms with van der Waals surface area (Å²) in [6.45, 7) is 10.3. The summed E-state index contributed by atoms with van der Waals surface area (Å²) < 4.78 is 90.0. The van der Waals surface area contributed by atoms with E-state index >= 15 is 0 Å². The SMILES string of the molecule is CCN(CC)c1cc(Nc2nc(Nc3cc(N(CC)CC)c(OC)cc3N=NC3C=C(S(=O)(=O)O)C=CC3OC)nc(SCCO)n2)c(N=Nc2cc(S(=O)(=O)O)ccc2OC)cc1OC. The van der Waals surface area contributed by atoms with Crippen molar-refractivity contribution in [2.24, 2.45) is 20.5 Å². The molecule has 1 heterocycles. The summed E-state index contributed by atoms with van der Waals surface area (Å²) in [6, 6.07) is 9.53. The molecule has 5 rings (SSSR count). The van der Waals surface area contributed by atoms with Crippen LogP contribution in [0.25, 0.3) is 0 Å². The second-order valence-electron chi connectivity index (χ2n) is 13.8. The summed E-state index contributed by atoms with van der Waals surface area (Å²) >= 11 is 1.16. The zero-order valence-electron chi connectivity index (χ0n) is 37.5. The largest absolute Gasteiger partial charge is 0.494 e. The number of rotatable bonds is 23. The van der Waals surface area contributed by atoms with Crippen molar-refractivity contribution >= 4 is 83.7 Å². The minimum Gasteiger partial charge on any atom is -0.494 e. The number of methoxy groups -OCH3 is 4. The second kappa shape index (κ2) is 23.0. The highest BCUT2D eigenvalue weighted by Crippen LogP contribution is 2.43. The molecule has 1 aromatic heterocycles. The second-order valence-corrected chi connectivity index (χ2v) is 17.7.